The van der Waals surface area contributed by atoms with Crippen LogP contribution in [0.2, 0.25) is 0 Å². The van der Waals surface area contributed by atoms with E-state index in [0.717, 1.165) is 0 Å². The molecule has 8 heteroatoms. The molecule has 2 N–H and O–H groups in total. The van der Waals surface area contributed by atoms with E-state index in [-0.39, 0.29) is 29.9 Å². The fourth-order valence-electron chi connectivity index (χ4n) is 2.68. The first-order valence-corrected chi connectivity index (χ1v) is 7.92. The number of nitrogens with zero attached hydrogens (tertiary/aromatic N) is 1. The lowest BCUT2D eigenvalue weighted by Crippen LogP contribution is -2.43. The number of amides is 2. The van der Waals surface area contributed by atoms with Crippen LogP contribution in [0.25, 0.3) is 0 Å². The number of primary amides is 1. The summed E-state index contributed by atoms with van der Waals surface area (Å²) in [7, 11) is 2.96. The third-order valence-electron chi connectivity index (χ3n) is 4.20. The minimum absolute atomic E-state index is 0.196. The second-order valence-corrected chi connectivity index (χ2v) is 5.70. The van der Waals surface area contributed by atoms with E-state index in [4.69, 9.17) is 19.9 Å². The van der Waals surface area contributed by atoms with E-state index in [1.165, 1.54) is 26.4 Å². The third-order valence-corrected chi connectivity index (χ3v) is 4.20. The summed E-state index contributed by atoms with van der Waals surface area (Å²) in [6.07, 6.45) is 1.06. The molecule has 1 aromatic rings. The van der Waals surface area contributed by atoms with Crippen LogP contribution in [-0.2, 0) is 14.3 Å². The molecule has 1 aromatic carbocycles. The molecule has 0 unspecified atom stereocenters. The van der Waals surface area contributed by atoms with Gasteiger partial charge in [0.1, 0.15) is 0 Å². The number of rotatable bonds is 6. The Labute approximate surface area is 145 Å². The van der Waals surface area contributed by atoms with Crippen molar-refractivity contribution in [2.45, 2.75) is 12.8 Å². The first kappa shape index (κ1) is 18.6. The van der Waals surface area contributed by atoms with Crippen molar-refractivity contribution in [1.82, 2.24) is 4.90 Å². The molecule has 0 aromatic heterocycles. The molecule has 0 aliphatic carbocycles. The van der Waals surface area contributed by atoms with Crippen molar-refractivity contribution < 1.29 is 28.6 Å². The Morgan fingerprint density at radius 1 is 1.12 bits per heavy atom. The Morgan fingerprint density at radius 3 is 2.32 bits per heavy atom. The van der Waals surface area contributed by atoms with Gasteiger partial charge in [-0.25, -0.2) is 4.79 Å². The Bertz CT molecular complexity index is 653. The normalized spacial score (nSPS) is 14.7. The lowest BCUT2D eigenvalue weighted by Gasteiger charge is -2.30. The average molecular weight is 350 g/mol. The highest BCUT2D eigenvalue weighted by Gasteiger charge is 2.26. The zero-order chi connectivity index (χ0) is 18.4. The van der Waals surface area contributed by atoms with Crippen LogP contribution in [0.5, 0.6) is 11.5 Å². The fourth-order valence-corrected chi connectivity index (χ4v) is 2.68. The van der Waals surface area contributed by atoms with Gasteiger partial charge < -0.3 is 24.8 Å². The van der Waals surface area contributed by atoms with E-state index >= 15 is 0 Å². The topological polar surface area (TPSA) is 108 Å². The number of benzene rings is 1. The van der Waals surface area contributed by atoms with Crippen molar-refractivity contribution in [1.29, 1.82) is 0 Å². The lowest BCUT2D eigenvalue weighted by atomic mass is 9.96. The number of likely N-dealkylation sites (tertiary alicyclic amines) is 1. The van der Waals surface area contributed by atoms with Gasteiger partial charge in [-0.3, -0.25) is 9.59 Å². The molecule has 0 radical (unpaired) electrons. The molecule has 0 bridgehead atoms. The molecule has 1 aliphatic heterocycles. The van der Waals surface area contributed by atoms with Crippen LogP contribution in [0.4, 0.5) is 0 Å². The molecule has 0 atom stereocenters. The highest BCUT2D eigenvalue weighted by molar-refractivity contribution is 5.92. The predicted octanol–water partition coefficient (Wildman–Crippen LogP) is 0.584. The summed E-state index contributed by atoms with van der Waals surface area (Å²) in [4.78, 5) is 36.9. The molecule has 8 nitrogen and oxygen atoms in total. The lowest BCUT2D eigenvalue weighted by molar-refractivity contribution is -0.137. The molecule has 1 heterocycles. The zero-order valence-electron chi connectivity index (χ0n) is 14.3. The van der Waals surface area contributed by atoms with Crippen molar-refractivity contribution in [3.8, 4) is 11.5 Å². The number of ether oxygens (including phenoxy) is 3. The number of carbonyl (C=O) groups excluding carboxylic acids is 3. The number of piperidine rings is 1. The monoisotopic (exact) mass is 350 g/mol. The second-order valence-electron chi connectivity index (χ2n) is 5.70. The first-order chi connectivity index (χ1) is 12.0. The highest BCUT2D eigenvalue weighted by atomic mass is 16.5. The van der Waals surface area contributed by atoms with Gasteiger partial charge in [0.15, 0.2) is 18.1 Å². The van der Waals surface area contributed by atoms with Gasteiger partial charge in [-0.2, -0.15) is 0 Å². The van der Waals surface area contributed by atoms with Gasteiger partial charge in [-0.1, -0.05) is 0 Å². The smallest absolute Gasteiger partial charge is 0.338 e. The average Bonchev–Trinajstić information content (AvgIpc) is 2.65. The number of hydrogen-bond donors (Lipinski definition) is 1. The summed E-state index contributed by atoms with van der Waals surface area (Å²) in [6.45, 7) is 0.509. The molecule has 1 aliphatic rings. The fraction of sp³-hybridized carbons (Fsp3) is 0.471. The summed E-state index contributed by atoms with van der Waals surface area (Å²) in [5, 5.41) is 0. The maximum Gasteiger partial charge on any atom is 0.338 e. The van der Waals surface area contributed by atoms with Gasteiger partial charge in [0.2, 0.25) is 5.91 Å². The molecular formula is C17H22N2O6. The van der Waals surface area contributed by atoms with Crippen LogP contribution in [0.15, 0.2) is 18.2 Å². The Balaban J connectivity index is 1.87. The molecule has 1 saturated heterocycles. The molecule has 2 amide bonds. The summed E-state index contributed by atoms with van der Waals surface area (Å²) in [5.74, 6) is -0.562. The Morgan fingerprint density at radius 2 is 1.76 bits per heavy atom. The van der Waals surface area contributed by atoms with E-state index in [1.54, 1.807) is 11.0 Å². The van der Waals surface area contributed by atoms with Crippen molar-refractivity contribution in [2.75, 3.05) is 33.9 Å². The minimum atomic E-state index is -0.624. The van der Waals surface area contributed by atoms with E-state index in [9.17, 15) is 14.4 Å². The van der Waals surface area contributed by atoms with Crippen LogP contribution in [0, 0.1) is 5.92 Å². The molecule has 2 rings (SSSR count). The van der Waals surface area contributed by atoms with Gasteiger partial charge in [-0.15, -0.1) is 0 Å². The molecule has 25 heavy (non-hydrogen) atoms. The molecule has 0 spiro atoms. The number of carbonyl (C=O) groups is 3. The standard InChI is InChI=1S/C17H22N2O6/c1-23-13-4-3-12(9-14(13)24-2)17(22)25-10-15(20)19-7-5-11(6-8-19)16(18)21/h3-4,9,11H,5-8,10H2,1-2H3,(H2,18,21). The highest BCUT2D eigenvalue weighted by Crippen LogP contribution is 2.27. The quantitative estimate of drug-likeness (QED) is 0.752. The van der Waals surface area contributed by atoms with Crippen molar-refractivity contribution in [3.63, 3.8) is 0 Å². The van der Waals surface area contributed by atoms with E-state index in [2.05, 4.69) is 0 Å². The Kier molecular flexibility index (Phi) is 6.21. The first-order valence-electron chi connectivity index (χ1n) is 7.92. The predicted molar refractivity (Wildman–Crippen MR) is 88.3 cm³/mol. The van der Waals surface area contributed by atoms with Crippen LogP contribution >= 0.6 is 0 Å². The zero-order valence-corrected chi connectivity index (χ0v) is 14.3. The number of esters is 1. The van der Waals surface area contributed by atoms with Gasteiger partial charge in [0.05, 0.1) is 19.8 Å². The summed E-state index contributed by atoms with van der Waals surface area (Å²) >= 11 is 0. The van der Waals surface area contributed by atoms with Crippen LogP contribution < -0.4 is 15.2 Å². The van der Waals surface area contributed by atoms with Gasteiger partial charge in [0, 0.05) is 19.0 Å². The number of hydrogen-bond acceptors (Lipinski definition) is 6. The summed E-state index contributed by atoms with van der Waals surface area (Å²) in [6, 6.07) is 4.61. The van der Waals surface area contributed by atoms with Crippen molar-refractivity contribution in [3.05, 3.63) is 23.8 Å². The van der Waals surface area contributed by atoms with Crippen molar-refractivity contribution in [2.24, 2.45) is 11.7 Å². The minimum Gasteiger partial charge on any atom is -0.493 e. The van der Waals surface area contributed by atoms with Crippen LogP contribution in [0.3, 0.4) is 0 Å². The maximum atomic E-state index is 12.1. The molecular weight excluding hydrogens is 328 g/mol. The summed E-state index contributed by atoms with van der Waals surface area (Å²) in [5.41, 5.74) is 5.53. The Hall–Kier alpha value is -2.77. The second kappa shape index (κ2) is 8.36. The van der Waals surface area contributed by atoms with Crippen molar-refractivity contribution >= 4 is 17.8 Å². The molecule has 136 valence electrons. The molecule has 1 fully saturated rings. The number of methoxy groups -OCH3 is 2. The van der Waals surface area contributed by atoms with E-state index < -0.39 is 5.97 Å². The van der Waals surface area contributed by atoms with Crippen LogP contribution in [-0.4, -0.2) is 56.6 Å². The van der Waals surface area contributed by atoms with Gasteiger partial charge >= 0.3 is 5.97 Å². The molecule has 0 saturated carbocycles. The van der Waals surface area contributed by atoms with Gasteiger partial charge in [0.25, 0.3) is 5.91 Å². The summed E-state index contributed by atoms with van der Waals surface area (Å²) < 4.78 is 15.3. The van der Waals surface area contributed by atoms with E-state index in [1.807, 2.05) is 0 Å². The largest absolute Gasteiger partial charge is 0.493 e. The third kappa shape index (κ3) is 4.62. The van der Waals surface area contributed by atoms with E-state index in [0.29, 0.717) is 37.4 Å². The van der Waals surface area contributed by atoms with Crippen LogP contribution in [0.1, 0.15) is 23.2 Å². The number of nitrogens with two attached hydrogens (primary N) is 1. The van der Waals surface area contributed by atoms with Gasteiger partial charge in [-0.05, 0) is 31.0 Å². The SMILES string of the molecule is COc1ccc(C(=O)OCC(=O)N2CCC(C(N)=O)CC2)cc1OC. The maximum absolute atomic E-state index is 12.1.